The van der Waals surface area contributed by atoms with Crippen LogP contribution in [-0.2, 0) is 14.3 Å². The summed E-state index contributed by atoms with van der Waals surface area (Å²) in [5, 5.41) is 75.6. The number of carbonyl (C=O) groups is 1. The first-order valence-electron chi connectivity index (χ1n) is 24.1. The van der Waals surface area contributed by atoms with Crippen LogP contribution in [0.1, 0.15) is 213 Å². The predicted octanol–water partition coefficient (Wildman–Crippen LogP) is 8.06. The molecule has 9 atom stereocenters. The van der Waals surface area contributed by atoms with Gasteiger partial charge in [-0.15, -0.1) is 0 Å². The summed E-state index contributed by atoms with van der Waals surface area (Å²) < 4.78 is 11.1. The van der Waals surface area contributed by atoms with Crippen molar-refractivity contribution in [2.75, 3.05) is 13.2 Å². The lowest BCUT2D eigenvalue weighted by Crippen LogP contribution is -2.60. The average molecular weight is 830 g/mol. The van der Waals surface area contributed by atoms with Gasteiger partial charge in [-0.25, -0.2) is 0 Å². The molecule has 1 fully saturated rings. The van der Waals surface area contributed by atoms with Crippen molar-refractivity contribution >= 4 is 5.91 Å². The molecule has 0 aromatic carbocycles. The smallest absolute Gasteiger partial charge is 0.249 e. The van der Waals surface area contributed by atoms with Gasteiger partial charge in [-0.3, -0.25) is 4.79 Å². The summed E-state index contributed by atoms with van der Waals surface area (Å²) in [5.74, 6) is -0.701. The van der Waals surface area contributed by atoms with Crippen LogP contribution in [0, 0.1) is 0 Å². The van der Waals surface area contributed by atoms with Crippen molar-refractivity contribution in [1.29, 1.82) is 0 Å². The Morgan fingerprint density at radius 2 is 1.00 bits per heavy atom. The van der Waals surface area contributed by atoms with E-state index >= 15 is 0 Å². The minimum Gasteiger partial charge on any atom is -0.394 e. The zero-order valence-electron chi connectivity index (χ0n) is 37.0. The lowest BCUT2D eigenvalue weighted by molar-refractivity contribution is -0.303. The first-order valence-corrected chi connectivity index (χ1v) is 24.1. The molecule has 1 heterocycles. The Morgan fingerprint density at radius 3 is 1.45 bits per heavy atom. The van der Waals surface area contributed by atoms with Crippen molar-refractivity contribution in [1.82, 2.24) is 5.32 Å². The molecule has 58 heavy (non-hydrogen) atoms. The Balaban J connectivity index is 2.37. The summed E-state index contributed by atoms with van der Waals surface area (Å²) in [6.07, 6.45) is 28.4. The molecule has 1 amide bonds. The van der Waals surface area contributed by atoms with Crippen LogP contribution in [0.2, 0.25) is 0 Å². The van der Waals surface area contributed by atoms with E-state index in [4.69, 9.17) is 9.47 Å². The highest BCUT2D eigenvalue weighted by molar-refractivity contribution is 5.80. The number of hydrogen-bond acceptors (Lipinski definition) is 10. The van der Waals surface area contributed by atoms with E-state index in [-0.39, 0.29) is 6.42 Å². The Hall–Kier alpha value is -1.15. The molecule has 0 saturated carbocycles. The number of carbonyl (C=O) groups excluding carboxylic acids is 1. The second kappa shape index (κ2) is 37.6. The number of amides is 1. The van der Waals surface area contributed by atoms with Gasteiger partial charge in [0.2, 0.25) is 5.91 Å². The molecule has 0 aliphatic carbocycles. The van der Waals surface area contributed by atoms with E-state index in [0.29, 0.717) is 19.3 Å². The summed E-state index contributed by atoms with van der Waals surface area (Å²) in [5.41, 5.74) is 0. The Bertz CT molecular complexity index is 954. The number of rotatable bonds is 40. The highest BCUT2D eigenvalue weighted by atomic mass is 16.7. The molecule has 0 aromatic heterocycles. The quantitative estimate of drug-likeness (QED) is 0.0222. The maximum atomic E-state index is 13.1. The summed E-state index contributed by atoms with van der Waals surface area (Å²) in [7, 11) is 0. The van der Waals surface area contributed by atoms with Crippen LogP contribution in [0.3, 0.4) is 0 Å². The third kappa shape index (κ3) is 26.9. The summed E-state index contributed by atoms with van der Waals surface area (Å²) >= 11 is 0. The second-order valence-corrected chi connectivity index (χ2v) is 17.2. The van der Waals surface area contributed by atoms with Gasteiger partial charge in [0.05, 0.1) is 25.4 Å². The minimum atomic E-state index is -1.66. The van der Waals surface area contributed by atoms with E-state index in [1.165, 1.54) is 122 Å². The Kier molecular flexibility index (Phi) is 35.6. The van der Waals surface area contributed by atoms with E-state index in [9.17, 15) is 40.5 Å². The van der Waals surface area contributed by atoms with Crippen LogP contribution in [0.25, 0.3) is 0 Å². The molecule has 0 bridgehead atoms. The van der Waals surface area contributed by atoms with Gasteiger partial charge in [-0.05, 0) is 38.5 Å². The molecular weight excluding hydrogens is 739 g/mol. The largest absolute Gasteiger partial charge is 0.394 e. The third-order valence-electron chi connectivity index (χ3n) is 11.8. The molecule has 1 aliphatic rings. The fourth-order valence-electron chi connectivity index (χ4n) is 7.79. The number of aliphatic hydroxyl groups excluding tert-OH is 7. The number of allylic oxidation sites excluding steroid dienone is 2. The van der Waals surface area contributed by atoms with E-state index < -0.39 is 74.2 Å². The van der Waals surface area contributed by atoms with E-state index in [2.05, 4.69) is 31.3 Å². The van der Waals surface area contributed by atoms with Crippen LogP contribution in [0.15, 0.2) is 12.2 Å². The van der Waals surface area contributed by atoms with Gasteiger partial charge >= 0.3 is 0 Å². The molecular formula is C47H91NO10. The van der Waals surface area contributed by atoms with Gasteiger partial charge in [0.25, 0.3) is 0 Å². The highest BCUT2D eigenvalue weighted by Gasteiger charge is 2.44. The summed E-state index contributed by atoms with van der Waals surface area (Å²) in [6.45, 7) is 3.42. The Labute approximate surface area is 353 Å². The van der Waals surface area contributed by atoms with Crippen molar-refractivity contribution in [3.8, 4) is 0 Å². The number of nitrogens with one attached hydrogen (secondary N) is 1. The molecule has 8 N–H and O–H groups in total. The monoisotopic (exact) mass is 830 g/mol. The van der Waals surface area contributed by atoms with Crippen LogP contribution in [-0.4, -0.2) is 110 Å². The number of hydrogen-bond donors (Lipinski definition) is 8. The van der Waals surface area contributed by atoms with Gasteiger partial charge in [-0.2, -0.15) is 0 Å². The fourth-order valence-corrected chi connectivity index (χ4v) is 7.79. The maximum Gasteiger partial charge on any atom is 0.249 e. The molecule has 11 nitrogen and oxygen atoms in total. The topological polar surface area (TPSA) is 189 Å². The second-order valence-electron chi connectivity index (χ2n) is 17.2. The predicted molar refractivity (Wildman–Crippen MR) is 233 cm³/mol. The molecule has 344 valence electrons. The van der Waals surface area contributed by atoms with Gasteiger partial charge in [-0.1, -0.05) is 187 Å². The van der Waals surface area contributed by atoms with Crippen molar-refractivity contribution in [2.24, 2.45) is 0 Å². The van der Waals surface area contributed by atoms with Crippen molar-refractivity contribution in [3.63, 3.8) is 0 Å². The summed E-state index contributed by atoms with van der Waals surface area (Å²) in [6, 6.07) is -1.17. The molecule has 9 unspecified atom stereocenters. The molecule has 1 rings (SSSR count). The van der Waals surface area contributed by atoms with Crippen molar-refractivity contribution < 1.29 is 50.0 Å². The normalized spacial score (nSPS) is 22.0. The van der Waals surface area contributed by atoms with Crippen molar-refractivity contribution in [3.05, 3.63) is 12.2 Å². The minimum absolute atomic E-state index is 0.255. The SMILES string of the molecule is CCCCCCCCCCCCC/C=C\CCCCCCCCC(O)C(=O)NC(COC1OC(CO)C(O)C(O)C1O)C(O)C(O)CCCCCCCCCCCC. The molecule has 11 heteroatoms. The molecule has 0 radical (unpaired) electrons. The maximum absolute atomic E-state index is 13.1. The standard InChI is InChI=1S/C47H91NO10/c1-3-5-7-9-11-13-15-16-17-18-19-20-21-22-23-24-25-27-29-31-33-35-40(51)46(56)48-38(37-57-47-45(55)44(54)43(53)41(36-49)58-47)42(52)39(50)34-32-30-28-26-14-12-10-8-6-4-2/h21-22,38-45,47,49-55H,3-20,23-37H2,1-2H3,(H,48,56)/b22-21-. The third-order valence-corrected chi connectivity index (χ3v) is 11.8. The molecule has 0 spiro atoms. The van der Waals surface area contributed by atoms with Crippen LogP contribution < -0.4 is 5.32 Å². The lowest BCUT2D eigenvalue weighted by Gasteiger charge is -2.40. The van der Waals surface area contributed by atoms with Crippen molar-refractivity contribution in [2.45, 2.75) is 268 Å². The van der Waals surface area contributed by atoms with Gasteiger partial charge in [0, 0.05) is 0 Å². The average Bonchev–Trinajstić information content (AvgIpc) is 3.22. The summed E-state index contributed by atoms with van der Waals surface area (Å²) in [4.78, 5) is 13.1. The van der Waals surface area contributed by atoms with Gasteiger partial charge < -0.3 is 50.5 Å². The lowest BCUT2D eigenvalue weighted by atomic mass is 9.98. The van der Waals surface area contributed by atoms with Crippen LogP contribution >= 0.6 is 0 Å². The first kappa shape index (κ1) is 54.9. The number of aliphatic hydroxyl groups is 7. The van der Waals surface area contributed by atoms with E-state index in [0.717, 1.165) is 51.4 Å². The van der Waals surface area contributed by atoms with Gasteiger partial charge in [0.15, 0.2) is 6.29 Å². The van der Waals surface area contributed by atoms with Crippen LogP contribution in [0.5, 0.6) is 0 Å². The van der Waals surface area contributed by atoms with Gasteiger partial charge in [0.1, 0.15) is 36.6 Å². The van der Waals surface area contributed by atoms with Crippen LogP contribution in [0.4, 0.5) is 0 Å². The zero-order chi connectivity index (χ0) is 42.6. The van der Waals surface area contributed by atoms with E-state index in [1.54, 1.807) is 0 Å². The molecule has 0 aromatic rings. The number of ether oxygens (including phenoxy) is 2. The zero-order valence-corrected chi connectivity index (χ0v) is 37.0. The fraction of sp³-hybridized carbons (Fsp3) is 0.936. The van der Waals surface area contributed by atoms with E-state index in [1.807, 2.05) is 0 Å². The Morgan fingerprint density at radius 1 is 0.586 bits per heavy atom. The molecule has 1 aliphatic heterocycles. The first-order chi connectivity index (χ1) is 28.2. The number of unbranched alkanes of at least 4 members (excludes halogenated alkanes) is 26. The molecule has 1 saturated heterocycles. The highest BCUT2D eigenvalue weighted by Crippen LogP contribution is 2.23.